The van der Waals surface area contributed by atoms with Crippen molar-refractivity contribution >= 4 is 27.7 Å². The van der Waals surface area contributed by atoms with Gasteiger partial charge in [0.05, 0.1) is 5.54 Å². The first-order chi connectivity index (χ1) is 8.84. The minimum atomic E-state index is -0.872. The standard InChI is InChI=1S/C13H18BrN3O2/c1-4-13(3,12(15)17-19)16-11(18)9-6-5-8(2)10(14)7-9/h5-7,19H,4H2,1-3H3,(H2,15,17)(H,16,18). The van der Waals surface area contributed by atoms with E-state index in [2.05, 4.69) is 26.4 Å². The zero-order valence-corrected chi connectivity index (χ0v) is 12.8. The van der Waals surface area contributed by atoms with Gasteiger partial charge in [-0.25, -0.2) is 0 Å². The first-order valence-electron chi connectivity index (χ1n) is 5.90. The zero-order valence-electron chi connectivity index (χ0n) is 11.2. The van der Waals surface area contributed by atoms with E-state index in [-0.39, 0.29) is 11.7 Å². The fourth-order valence-electron chi connectivity index (χ4n) is 1.50. The molecule has 0 saturated heterocycles. The molecule has 0 heterocycles. The van der Waals surface area contributed by atoms with Crippen molar-refractivity contribution < 1.29 is 10.0 Å². The van der Waals surface area contributed by atoms with Crippen LogP contribution >= 0.6 is 15.9 Å². The van der Waals surface area contributed by atoms with Gasteiger partial charge in [-0.05, 0) is 38.0 Å². The summed E-state index contributed by atoms with van der Waals surface area (Å²) < 4.78 is 0.863. The number of amides is 1. The highest BCUT2D eigenvalue weighted by atomic mass is 79.9. The van der Waals surface area contributed by atoms with Crippen LogP contribution in [-0.2, 0) is 0 Å². The normalized spacial score (nSPS) is 14.8. The van der Waals surface area contributed by atoms with Crippen LogP contribution in [0.15, 0.2) is 27.8 Å². The van der Waals surface area contributed by atoms with Gasteiger partial charge in [0.25, 0.3) is 5.91 Å². The fourth-order valence-corrected chi connectivity index (χ4v) is 1.88. The van der Waals surface area contributed by atoms with Crippen LogP contribution in [0.25, 0.3) is 0 Å². The third kappa shape index (κ3) is 3.47. The number of rotatable bonds is 4. The quantitative estimate of drug-likeness (QED) is 0.343. The molecule has 1 aromatic carbocycles. The Morgan fingerprint density at radius 3 is 2.68 bits per heavy atom. The Bertz CT molecular complexity index is 517. The van der Waals surface area contributed by atoms with E-state index in [9.17, 15) is 4.79 Å². The lowest BCUT2D eigenvalue weighted by atomic mass is 9.96. The van der Waals surface area contributed by atoms with Gasteiger partial charge in [0.15, 0.2) is 5.84 Å². The van der Waals surface area contributed by atoms with E-state index in [0.29, 0.717) is 12.0 Å². The van der Waals surface area contributed by atoms with E-state index in [0.717, 1.165) is 10.0 Å². The van der Waals surface area contributed by atoms with E-state index in [1.807, 2.05) is 19.9 Å². The van der Waals surface area contributed by atoms with Gasteiger partial charge in [-0.2, -0.15) is 0 Å². The van der Waals surface area contributed by atoms with Crippen molar-refractivity contribution in [2.45, 2.75) is 32.7 Å². The van der Waals surface area contributed by atoms with Crippen LogP contribution in [0.4, 0.5) is 0 Å². The molecule has 0 fully saturated rings. The molecule has 0 saturated carbocycles. The number of oxime groups is 1. The summed E-state index contributed by atoms with van der Waals surface area (Å²) in [5, 5.41) is 14.5. The van der Waals surface area contributed by atoms with Gasteiger partial charge < -0.3 is 16.3 Å². The minimum absolute atomic E-state index is 0.0190. The third-order valence-electron chi connectivity index (χ3n) is 3.20. The first-order valence-corrected chi connectivity index (χ1v) is 6.70. The Kier molecular flexibility index (Phi) is 4.94. The van der Waals surface area contributed by atoms with Crippen molar-refractivity contribution in [2.24, 2.45) is 10.9 Å². The maximum atomic E-state index is 12.2. The number of nitrogens with zero attached hydrogens (tertiary/aromatic N) is 1. The maximum Gasteiger partial charge on any atom is 0.252 e. The molecule has 104 valence electrons. The predicted octanol–water partition coefficient (Wildman–Crippen LogP) is 2.40. The fraction of sp³-hybridized carbons (Fsp3) is 0.385. The second kappa shape index (κ2) is 6.06. The van der Waals surface area contributed by atoms with Crippen LogP contribution in [0.1, 0.15) is 36.2 Å². The molecule has 5 nitrogen and oxygen atoms in total. The number of halogens is 1. The highest BCUT2D eigenvalue weighted by molar-refractivity contribution is 9.10. The van der Waals surface area contributed by atoms with Crippen molar-refractivity contribution in [2.75, 3.05) is 0 Å². The van der Waals surface area contributed by atoms with Gasteiger partial charge >= 0.3 is 0 Å². The molecule has 1 rings (SSSR count). The Morgan fingerprint density at radius 1 is 1.58 bits per heavy atom. The smallest absolute Gasteiger partial charge is 0.252 e. The molecule has 0 aliphatic carbocycles. The molecule has 0 radical (unpaired) electrons. The minimum Gasteiger partial charge on any atom is -0.409 e. The van der Waals surface area contributed by atoms with E-state index in [4.69, 9.17) is 10.9 Å². The molecule has 1 atom stereocenters. The number of hydrogen-bond donors (Lipinski definition) is 3. The number of carbonyl (C=O) groups excluding carboxylic acids is 1. The van der Waals surface area contributed by atoms with Crippen LogP contribution < -0.4 is 11.1 Å². The second-order valence-corrected chi connectivity index (χ2v) is 5.44. The number of benzene rings is 1. The molecular weight excluding hydrogens is 310 g/mol. The predicted molar refractivity (Wildman–Crippen MR) is 78.5 cm³/mol. The van der Waals surface area contributed by atoms with Crippen molar-refractivity contribution in [1.29, 1.82) is 0 Å². The zero-order chi connectivity index (χ0) is 14.6. The SMILES string of the molecule is CCC(C)(NC(=O)c1ccc(C)c(Br)c1)/C(N)=N/O. The second-order valence-electron chi connectivity index (χ2n) is 4.59. The maximum absolute atomic E-state index is 12.2. The van der Waals surface area contributed by atoms with E-state index >= 15 is 0 Å². The monoisotopic (exact) mass is 327 g/mol. The highest BCUT2D eigenvalue weighted by Crippen LogP contribution is 2.18. The summed E-state index contributed by atoms with van der Waals surface area (Å²) in [7, 11) is 0. The molecule has 0 bridgehead atoms. The molecule has 0 spiro atoms. The average molecular weight is 328 g/mol. The van der Waals surface area contributed by atoms with Crippen LogP contribution in [-0.4, -0.2) is 22.5 Å². The van der Waals surface area contributed by atoms with Gasteiger partial charge in [0.2, 0.25) is 0 Å². The lowest BCUT2D eigenvalue weighted by molar-refractivity contribution is 0.0925. The Hall–Kier alpha value is -1.56. The summed E-state index contributed by atoms with van der Waals surface area (Å²) in [4.78, 5) is 12.2. The topological polar surface area (TPSA) is 87.7 Å². The number of aryl methyl sites for hydroxylation is 1. The van der Waals surface area contributed by atoms with Gasteiger partial charge in [-0.3, -0.25) is 4.79 Å². The van der Waals surface area contributed by atoms with E-state index < -0.39 is 5.54 Å². The number of amidine groups is 1. The van der Waals surface area contributed by atoms with Crippen molar-refractivity contribution in [3.8, 4) is 0 Å². The Morgan fingerprint density at radius 2 is 2.21 bits per heavy atom. The van der Waals surface area contributed by atoms with Crippen molar-refractivity contribution in [1.82, 2.24) is 5.32 Å². The molecule has 0 aliphatic heterocycles. The molecule has 0 aromatic heterocycles. The van der Waals surface area contributed by atoms with Crippen LogP contribution in [0.5, 0.6) is 0 Å². The number of nitrogens with one attached hydrogen (secondary N) is 1. The van der Waals surface area contributed by atoms with E-state index in [1.165, 1.54) is 0 Å². The van der Waals surface area contributed by atoms with Crippen LogP contribution in [0.3, 0.4) is 0 Å². The molecule has 1 unspecified atom stereocenters. The van der Waals surface area contributed by atoms with Gasteiger partial charge in [-0.1, -0.05) is 34.1 Å². The van der Waals surface area contributed by atoms with E-state index in [1.54, 1.807) is 19.1 Å². The Labute approximate surface area is 121 Å². The van der Waals surface area contributed by atoms with Crippen molar-refractivity contribution in [3.63, 3.8) is 0 Å². The summed E-state index contributed by atoms with van der Waals surface area (Å²) >= 11 is 3.39. The van der Waals surface area contributed by atoms with Crippen LogP contribution in [0, 0.1) is 6.92 Å². The van der Waals surface area contributed by atoms with Gasteiger partial charge in [0, 0.05) is 10.0 Å². The molecular formula is C13H18BrN3O2. The first kappa shape index (κ1) is 15.5. The molecule has 19 heavy (non-hydrogen) atoms. The molecule has 1 aromatic rings. The molecule has 0 aliphatic rings. The summed E-state index contributed by atoms with van der Waals surface area (Å²) in [5.74, 6) is -0.286. The lowest BCUT2D eigenvalue weighted by Gasteiger charge is -2.28. The molecule has 6 heteroatoms. The average Bonchev–Trinajstić information content (AvgIpc) is 2.40. The Balaban J connectivity index is 2.98. The van der Waals surface area contributed by atoms with Crippen molar-refractivity contribution in [3.05, 3.63) is 33.8 Å². The van der Waals surface area contributed by atoms with Gasteiger partial charge in [0.1, 0.15) is 0 Å². The number of hydrogen-bond acceptors (Lipinski definition) is 3. The third-order valence-corrected chi connectivity index (χ3v) is 4.06. The largest absolute Gasteiger partial charge is 0.409 e. The lowest BCUT2D eigenvalue weighted by Crippen LogP contribution is -2.55. The summed E-state index contributed by atoms with van der Waals surface area (Å²) in [6, 6.07) is 5.33. The number of nitrogens with two attached hydrogens (primary N) is 1. The highest BCUT2D eigenvalue weighted by Gasteiger charge is 2.30. The van der Waals surface area contributed by atoms with Crippen LogP contribution in [0.2, 0.25) is 0 Å². The van der Waals surface area contributed by atoms with Gasteiger partial charge in [-0.15, -0.1) is 0 Å². The summed E-state index contributed by atoms with van der Waals surface area (Å²) in [5.41, 5.74) is 6.31. The molecule has 1 amide bonds. The summed E-state index contributed by atoms with van der Waals surface area (Å²) in [6.45, 7) is 5.50. The molecule has 4 N–H and O–H groups in total. The summed E-state index contributed by atoms with van der Waals surface area (Å²) in [6.07, 6.45) is 0.516. The number of carbonyl (C=O) groups is 1.